The maximum absolute atomic E-state index is 13.8. The third kappa shape index (κ3) is 3.49. The molecule has 0 radical (unpaired) electrons. The van der Waals surface area contributed by atoms with Crippen LogP contribution in [0.15, 0.2) is 48.8 Å². The van der Waals surface area contributed by atoms with E-state index in [0.717, 1.165) is 42.3 Å². The van der Waals surface area contributed by atoms with Crippen LogP contribution in [-0.4, -0.2) is 15.9 Å². The van der Waals surface area contributed by atoms with Crippen LogP contribution < -0.4 is 5.73 Å². The van der Waals surface area contributed by atoms with Crippen molar-refractivity contribution < 1.29 is 9.18 Å². The highest BCUT2D eigenvalue weighted by molar-refractivity contribution is 5.94. The van der Waals surface area contributed by atoms with Gasteiger partial charge in [0.05, 0.1) is 16.8 Å². The van der Waals surface area contributed by atoms with Crippen LogP contribution in [0.2, 0.25) is 0 Å². The van der Waals surface area contributed by atoms with Crippen molar-refractivity contribution in [3.8, 4) is 0 Å². The first-order chi connectivity index (χ1) is 13.5. The van der Waals surface area contributed by atoms with E-state index in [2.05, 4.69) is 16.9 Å². The molecule has 0 unspecified atom stereocenters. The number of pyridine rings is 2. The third-order valence-electron chi connectivity index (χ3n) is 6.19. The predicted molar refractivity (Wildman–Crippen MR) is 108 cm³/mol. The zero-order chi connectivity index (χ0) is 19.7. The maximum atomic E-state index is 13.8. The number of hydrogen-bond donors (Lipinski definition) is 1. The Balaban J connectivity index is 1.53. The minimum Gasteiger partial charge on any atom is -0.366 e. The van der Waals surface area contributed by atoms with Gasteiger partial charge in [-0.2, -0.15) is 0 Å². The molecular weight excluding hydrogens is 353 g/mol. The number of rotatable bonds is 4. The van der Waals surface area contributed by atoms with Crippen LogP contribution in [0.5, 0.6) is 0 Å². The Labute approximate surface area is 164 Å². The summed E-state index contributed by atoms with van der Waals surface area (Å²) in [7, 11) is 0. The third-order valence-corrected chi connectivity index (χ3v) is 6.19. The molecule has 1 aromatic carbocycles. The highest BCUT2D eigenvalue weighted by Crippen LogP contribution is 2.43. The Hall–Kier alpha value is -2.82. The molecule has 1 aliphatic carbocycles. The number of carbonyl (C=O) groups excluding carboxylic acids is 1. The van der Waals surface area contributed by atoms with Gasteiger partial charge >= 0.3 is 0 Å². The second kappa shape index (κ2) is 7.66. The smallest absolute Gasteiger partial charge is 0.250 e. The van der Waals surface area contributed by atoms with Gasteiger partial charge in [0, 0.05) is 23.7 Å². The quantitative estimate of drug-likeness (QED) is 0.700. The Morgan fingerprint density at radius 3 is 2.64 bits per heavy atom. The van der Waals surface area contributed by atoms with Crippen LogP contribution in [-0.2, 0) is 0 Å². The van der Waals surface area contributed by atoms with Gasteiger partial charge in [-0.25, -0.2) is 4.39 Å². The van der Waals surface area contributed by atoms with Gasteiger partial charge in [-0.3, -0.25) is 14.8 Å². The van der Waals surface area contributed by atoms with Gasteiger partial charge in [0.15, 0.2) is 0 Å². The number of aromatic nitrogens is 2. The Bertz CT molecular complexity index is 1010. The SMILES string of the molecule is C[C@@H](c1ncccc1C(N)=O)C1CCC(c2ccnc3ccc(F)cc23)CC1. The fourth-order valence-corrected chi connectivity index (χ4v) is 4.64. The standard InChI is InChI=1S/C23H24FN3O/c1-14(22-19(23(25)28)3-2-11-27-22)15-4-6-16(7-5-15)18-10-12-26-21-9-8-17(24)13-20(18)21/h2-3,8-16H,4-7H2,1H3,(H2,25,28)/t14-,15?,16?/m1/s1. The van der Waals surface area contributed by atoms with Gasteiger partial charge in [-0.1, -0.05) is 6.92 Å². The minimum atomic E-state index is -0.422. The molecule has 144 valence electrons. The first kappa shape index (κ1) is 18.5. The summed E-state index contributed by atoms with van der Waals surface area (Å²) < 4.78 is 13.8. The zero-order valence-corrected chi connectivity index (χ0v) is 15.9. The molecule has 2 aromatic heterocycles. The van der Waals surface area contributed by atoms with Gasteiger partial charge in [0.1, 0.15) is 5.82 Å². The molecule has 4 rings (SSSR count). The minimum absolute atomic E-state index is 0.177. The summed E-state index contributed by atoms with van der Waals surface area (Å²) in [6.45, 7) is 2.14. The lowest BCUT2D eigenvalue weighted by atomic mass is 9.72. The summed E-state index contributed by atoms with van der Waals surface area (Å²) in [6, 6.07) is 10.3. The van der Waals surface area contributed by atoms with Crippen molar-refractivity contribution in [1.29, 1.82) is 0 Å². The van der Waals surface area contributed by atoms with Gasteiger partial charge in [-0.15, -0.1) is 0 Å². The summed E-state index contributed by atoms with van der Waals surface area (Å²) in [5.74, 6) is 0.382. The first-order valence-electron chi connectivity index (χ1n) is 9.83. The lowest BCUT2D eigenvalue weighted by Gasteiger charge is -2.33. The van der Waals surface area contributed by atoms with E-state index in [1.165, 1.54) is 11.6 Å². The molecular formula is C23H24FN3O. The molecule has 1 saturated carbocycles. The molecule has 0 aliphatic heterocycles. The average molecular weight is 377 g/mol. The molecule has 4 nitrogen and oxygen atoms in total. The largest absolute Gasteiger partial charge is 0.366 e. The van der Waals surface area contributed by atoms with Gasteiger partial charge in [0.25, 0.3) is 5.91 Å². The van der Waals surface area contributed by atoms with Crippen molar-refractivity contribution in [1.82, 2.24) is 9.97 Å². The molecule has 1 atom stereocenters. The second-order valence-electron chi connectivity index (χ2n) is 7.76. The number of hydrogen-bond acceptors (Lipinski definition) is 3. The van der Waals surface area contributed by atoms with Crippen LogP contribution in [0.25, 0.3) is 10.9 Å². The second-order valence-corrected chi connectivity index (χ2v) is 7.76. The fourth-order valence-electron chi connectivity index (χ4n) is 4.64. The van der Waals surface area contributed by atoms with Crippen LogP contribution in [0.4, 0.5) is 4.39 Å². The number of nitrogens with zero attached hydrogens (tertiary/aromatic N) is 2. The molecule has 5 heteroatoms. The molecule has 2 N–H and O–H groups in total. The summed E-state index contributed by atoms with van der Waals surface area (Å²) in [4.78, 5) is 20.6. The molecule has 1 amide bonds. The topological polar surface area (TPSA) is 68.9 Å². The highest BCUT2D eigenvalue weighted by atomic mass is 19.1. The molecule has 1 fully saturated rings. The van der Waals surface area contributed by atoms with E-state index in [1.54, 1.807) is 30.5 Å². The van der Waals surface area contributed by atoms with E-state index in [0.29, 0.717) is 17.4 Å². The van der Waals surface area contributed by atoms with E-state index in [-0.39, 0.29) is 11.7 Å². The number of nitrogens with two attached hydrogens (primary N) is 1. The van der Waals surface area contributed by atoms with E-state index >= 15 is 0 Å². The van der Waals surface area contributed by atoms with Crippen LogP contribution >= 0.6 is 0 Å². The number of benzene rings is 1. The van der Waals surface area contributed by atoms with Gasteiger partial charge in [0.2, 0.25) is 0 Å². The van der Waals surface area contributed by atoms with Crippen molar-refractivity contribution in [2.24, 2.45) is 11.7 Å². The van der Waals surface area contributed by atoms with E-state index in [4.69, 9.17) is 5.73 Å². The highest BCUT2D eigenvalue weighted by Gasteiger charge is 2.30. The van der Waals surface area contributed by atoms with Crippen LogP contribution in [0.1, 0.15) is 66.1 Å². The van der Waals surface area contributed by atoms with Crippen molar-refractivity contribution in [2.45, 2.75) is 44.4 Å². The summed E-state index contributed by atoms with van der Waals surface area (Å²) in [5, 5.41) is 0.916. The number of carbonyl (C=O) groups is 1. The Kier molecular flexibility index (Phi) is 5.07. The number of amides is 1. The van der Waals surface area contributed by atoms with Crippen molar-refractivity contribution in [2.75, 3.05) is 0 Å². The maximum Gasteiger partial charge on any atom is 0.250 e. The predicted octanol–water partition coefficient (Wildman–Crippen LogP) is 4.95. The molecule has 1 aliphatic rings. The normalized spacial score (nSPS) is 20.8. The molecule has 0 bridgehead atoms. The van der Waals surface area contributed by atoms with Crippen LogP contribution in [0, 0.1) is 11.7 Å². The number of fused-ring (bicyclic) bond motifs is 1. The molecule has 0 spiro atoms. The number of halogens is 1. The molecule has 0 saturated heterocycles. The molecule has 2 heterocycles. The fraction of sp³-hybridized carbons (Fsp3) is 0.348. The van der Waals surface area contributed by atoms with Crippen molar-refractivity contribution >= 4 is 16.8 Å². The van der Waals surface area contributed by atoms with Crippen molar-refractivity contribution in [3.05, 3.63) is 71.4 Å². The lowest BCUT2D eigenvalue weighted by molar-refractivity contribution is 0.0997. The zero-order valence-electron chi connectivity index (χ0n) is 15.9. The van der Waals surface area contributed by atoms with Gasteiger partial charge < -0.3 is 5.73 Å². The number of primary amides is 1. The summed E-state index contributed by atoms with van der Waals surface area (Å²) >= 11 is 0. The van der Waals surface area contributed by atoms with E-state index < -0.39 is 5.91 Å². The Morgan fingerprint density at radius 1 is 1.11 bits per heavy atom. The average Bonchev–Trinajstić information content (AvgIpc) is 2.73. The summed E-state index contributed by atoms with van der Waals surface area (Å²) in [6.07, 6.45) is 7.69. The van der Waals surface area contributed by atoms with Crippen molar-refractivity contribution in [3.63, 3.8) is 0 Å². The molecule has 28 heavy (non-hydrogen) atoms. The monoisotopic (exact) mass is 377 g/mol. The Morgan fingerprint density at radius 2 is 1.89 bits per heavy atom. The summed E-state index contributed by atoms with van der Waals surface area (Å²) in [5.41, 5.74) is 8.88. The van der Waals surface area contributed by atoms with Gasteiger partial charge in [-0.05, 0) is 79.5 Å². The first-order valence-corrected chi connectivity index (χ1v) is 9.83. The van der Waals surface area contributed by atoms with E-state index in [1.807, 2.05) is 12.3 Å². The lowest BCUT2D eigenvalue weighted by Crippen LogP contribution is -2.22. The van der Waals surface area contributed by atoms with Crippen LogP contribution in [0.3, 0.4) is 0 Å². The van der Waals surface area contributed by atoms with E-state index in [9.17, 15) is 9.18 Å². The molecule has 3 aromatic rings.